The van der Waals surface area contributed by atoms with Crippen molar-refractivity contribution >= 4 is 58.4 Å². The van der Waals surface area contributed by atoms with Crippen LogP contribution >= 0.6 is 24.8 Å². The summed E-state index contributed by atoms with van der Waals surface area (Å²) in [6, 6.07) is 16.3. The molecular formula is C26H32Cl2N4O2. The molecule has 0 amide bonds. The molecule has 2 heterocycles. The normalized spacial score (nSPS) is 12.4. The van der Waals surface area contributed by atoms with Gasteiger partial charge in [-0.25, -0.2) is 0 Å². The monoisotopic (exact) mass is 502 g/mol. The number of hydrogen-bond donors (Lipinski definition) is 2. The highest BCUT2D eigenvalue weighted by molar-refractivity contribution is 6.01. The summed E-state index contributed by atoms with van der Waals surface area (Å²) < 4.78 is 12.1. The summed E-state index contributed by atoms with van der Waals surface area (Å²) in [6.07, 6.45) is 1.48. The quantitative estimate of drug-likeness (QED) is 0.237. The van der Waals surface area contributed by atoms with Gasteiger partial charge in [0.15, 0.2) is 0 Å². The Balaban J connectivity index is 0.00000204. The van der Waals surface area contributed by atoms with Gasteiger partial charge in [-0.1, -0.05) is 12.1 Å². The number of nitrogens with two attached hydrogens (primary N) is 2. The van der Waals surface area contributed by atoms with Crippen LogP contribution in [0.2, 0.25) is 0 Å². The molecule has 0 aliphatic carbocycles. The van der Waals surface area contributed by atoms with E-state index in [0.29, 0.717) is 11.7 Å². The van der Waals surface area contributed by atoms with Gasteiger partial charge in [0.2, 0.25) is 0 Å². The second-order valence-corrected chi connectivity index (χ2v) is 8.65. The van der Waals surface area contributed by atoms with Crippen LogP contribution in [0.5, 0.6) is 0 Å². The number of halogens is 2. The maximum absolute atomic E-state index is 6.11. The lowest BCUT2D eigenvalue weighted by Gasteiger charge is -2.03. The number of aryl methyl sites for hydroxylation is 2. The number of aliphatic imine (C=N–C) groups is 2. The fraction of sp³-hybridized carbons (Fsp3) is 0.308. The Hall–Kier alpha value is -2.96. The van der Waals surface area contributed by atoms with Gasteiger partial charge in [0.1, 0.15) is 34.4 Å². The molecule has 0 unspecified atom stereocenters. The average molecular weight is 503 g/mol. The van der Waals surface area contributed by atoms with E-state index in [1.165, 1.54) is 0 Å². The zero-order valence-corrected chi connectivity index (χ0v) is 21.5. The Morgan fingerprint density at radius 2 is 1.18 bits per heavy atom. The number of amidine groups is 2. The molecule has 2 aromatic heterocycles. The molecule has 4 rings (SSSR count). The predicted octanol–water partition coefficient (Wildman–Crippen LogP) is 6.04. The third kappa shape index (κ3) is 6.33. The number of rotatable bonds is 7. The molecule has 4 N–H and O–H groups in total. The van der Waals surface area contributed by atoms with Crippen molar-refractivity contribution in [1.82, 2.24) is 0 Å². The Bertz CT molecular complexity index is 1220. The van der Waals surface area contributed by atoms with Gasteiger partial charge in [-0.05, 0) is 64.1 Å². The largest absolute Gasteiger partial charge is 0.461 e. The number of benzene rings is 2. The minimum Gasteiger partial charge on any atom is -0.461 e. The van der Waals surface area contributed by atoms with Gasteiger partial charge in [0.05, 0.1) is 0 Å². The fourth-order valence-electron chi connectivity index (χ4n) is 3.70. The van der Waals surface area contributed by atoms with Gasteiger partial charge in [-0.2, -0.15) is 0 Å². The number of nitrogens with zero attached hydrogens (tertiary/aromatic N) is 2. The van der Waals surface area contributed by atoms with Crippen LogP contribution in [-0.4, -0.2) is 23.8 Å². The minimum absolute atomic E-state index is 0. The van der Waals surface area contributed by atoms with Crippen molar-refractivity contribution in [3.63, 3.8) is 0 Å². The number of furan rings is 2. The number of fused-ring (bicyclic) bond motifs is 2. The van der Waals surface area contributed by atoms with Gasteiger partial charge < -0.3 is 20.3 Å². The van der Waals surface area contributed by atoms with Crippen LogP contribution in [0, 0.1) is 0 Å². The van der Waals surface area contributed by atoms with Crippen molar-refractivity contribution in [2.45, 2.75) is 52.6 Å². The lowest BCUT2D eigenvalue weighted by Crippen LogP contribution is -2.15. The SMILES string of the molecule is CC(C)N=C(N)c1ccc2oc(CCc3cc4ccc(C(N)=NC(C)C)cc4o3)cc2c1.Cl.Cl. The zero-order valence-electron chi connectivity index (χ0n) is 19.9. The summed E-state index contributed by atoms with van der Waals surface area (Å²) >= 11 is 0. The van der Waals surface area contributed by atoms with E-state index in [-0.39, 0.29) is 36.9 Å². The summed E-state index contributed by atoms with van der Waals surface area (Å²) in [6.45, 7) is 8.02. The van der Waals surface area contributed by atoms with E-state index in [1.807, 2.05) is 64.1 Å². The van der Waals surface area contributed by atoms with E-state index in [2.05, 4.69) is 22.1 Å². The molecule has 6 nitrogen and oxygen atoms in total. The molecule has 0 spiro atoms. The van der Waals surface area contributed by atoms with E-state index in [9.17, 15) is 0 Å². The van der Waals surface area contributed by atoms with Crippen LogP contribution in [0.1, 0.15) is 50.3 Å². The molecule has 0 saturated carbocycles. The van der Waals surface area contributed by atoms with Gasteiger partial charge in [0.25, 0.3) is 0 Å². The van der Waals surface area contributed by atoms with Crippen molar-refractivity contribution in [1.29, 1.82) is 0 Å². The summed E-state index contributed by atoms with van der Waals surface area (Å²) in [4.78, 5) is 8.84. The summed E-state index contributed by atoms with van der Waals surface area (Å²) in [7, 11) is 0. The first kappa shape index (κ1) is 27.3. The smallest absolute Gasteiger partial charge is 0.135 e. The lowest BCUT2D eigenvalue weighted by atomic mass is 10.1. The molecule has 0 fully saturated rings. The van der Waals surface area contributed by atoms with Crippen LogP contribution in [0.4, 0.5) is 0 Å². The maximum atomic E-state index is 6.11. The first-order chi connectivity index (χ1) is 15.3. The van der Waals surface area contributed by atoms with Gasteiger partial charge in [-0.15, -0.1) is 24.8 Å². The molecule has 0 aliphatic rings. The Labute approximate surface area is 212 Å². The summed E-state index contributed by atoms with van der Waals surface area (Å²) in [5.74, 6) is 2.89. The molecule has 0 aliphatic heterocycles. The Morgan fingerprint density at radius 3 is 1.76 bits per heavy atom. The van der Waals surface area contributed by atoms with Crippen molar-refractivity contribution in [2.24, 2.45) is 21.5 Å². The first-order valence-corrected chi connectivity index (χ1v) is 11.0. The Kier molecular flexibility index (Phi) is 9.19. The van der Waals surface area contributed by atoms with Crippen LogP contribution in [0.3, 0.4) is 0 Å². The third-order valence-electron chi connectivity index (χ3n) is 5.14. The van der Waals surface area contributed by atoms with Crippen molar-refractivity contribution < 1.29 is 8.83 Å². The van der Waals surface area contributed by atoms with E-state index in [1.54, 1.807) is 0 Å². The second kappa shape index (κ2) is 11.4. The van der Waals surface area contributed by atoms with E-state index < -0.39 is 0 Å². The van der Waals surface area contributed by atoms with Gasteiger partial charge in [-0.3, -0.25) is 9.98 Å². The molecule has 0 radical (unpaired) electrons. The summed E-state index contributed by atoms with van der Waals surface area (Å²) in [5, 5.41) is 2.07. The van der Waals surface area contributed by atoms with Crippen LogP contribution < -0.4 is 11.5 Å². The maximum Gasteiger partial charge on any atom is 0.135 e. The second-order valence-electron chi connectivity index (χ2n) is 8.65. The molecule has 0 atom stereocenters. The van der Waals surface area contributed by atoms with Crippen LogP contribution in [0.15, 0.2) is 67.4 Å². The standard InChI is InChI=1S/C26H30N4O2.2ClH/c1-15(2)29-25(27)18-7-10-23-20(11-18)13-22(31-23)9-8-21-12-17-5-6-19(14-24(17)32-21)26(28)30-16(3)4;;/h5-7,10-16H,8-9H2,1-4H3,(H2,27,29)(H2,28,30);2*1H. The highest BCUT2D eigenvalue weighted by Gasteiger charge is 2.11. The van der Waals surface area contributed by atoms with Crippen LogP contribution in [0.25, 0.3) is 21.9 Å². The molecule has 182 valence electrons. The third-order valence-corrected chi connectivity index (χ3v) is 5.14. The molecule has 34 heavy (non-hydrogen) atoms. The molecule has 8 heteroatoms. The topological polar surface area (TPSA) is 103 Å². The minimum atomic E-state index is 0. The summed E-state index contributed by atoms with van der Waals surface area (Å²) in [5.41, 5.74) is 15.6. The Morgan fingerprint density at radius 1 is 0.676 bits per heavy atom. The molecule has 0 bridgehead atoms. The van der Waals surface area contributed by atoms with E-state index in [4.69, 9.17) is 20.3 Å². The predicted molar refractivity (Wildman–Crippen MR) is 146 cm³/mol. The fourth-order valence-corrected chi connectivity index (χ4v) is 3.70. The average Bonchev–Trinajstić information content (AvgIpc) is 3.33. The van der Waals surface area contributed by atoms with Crippen molar-refractivity contribution in [3.8, 4) is 0 Å². The molecule has 2 aromatic carbocycles. The van der Waals surface area contributed by atoms with Crippen molar-refractivity contribution in [2.75, 3.05) is 0 Å². The molecule has 4 aromatic rings. The first-order valence-electron chi connectivity index (χ1n) is 11.0. The van der Waals surface area contributed by atoms with E-state index in [0.717, 1.165) is 57.4 Å². The van der Waals surface area contributed by atoms with Gasteiger partial charge in [0, 0.05) is 46.8 Å². The molecular weight excluding hydrogens is 471 g/mol. The van der Waals surface area contributed by atoms with Crippen molar-refractivity contribution in [3.05, 3.63) is 71.2 Å². The highest BCUT2D eigenvalue weighted by Crippen LogP contribution is 2.25. The van der Waals surface area contributed by atoms with E-state index >= 15 is 0 Å². The lowest BCUT2D eigenvalue weighted by molar-refractivity contribution is 0.510. The number of hydrogen-bond acceptors (Lipinski definition) is 4. The van der Waals surface area contributed by atoms with Gasteiger partial charge >= 0.3 is 0 Å². The van der Waals surface area contributed by atoms with Crippen LogP contribution in [-0.2, 0) is 12.8 Å². The zero-order chi connectivity index (χ0) is 22.8. The molecule has 0 saturated heterocycles. The highest BCUT2D eigenvalue weighted by atomic mass is 35.5.